The molecule has 0 fully saturated rings. The molecule has 1 heterocycles. The topological polar surface area (TPSA) is 74.4 Å². The number of rotatable bonds is 3. The molecule has 0 amide bonds. The van der Waals surface area contributed by atoms with Crippen LogP contribution in [0.1, 0.15) is 15.9 Å². The second-order valence-corrected chi connectivity index (χ2v) is 5.03. The number of esters is 1. The molecule has 5 nitrogen and oxygen atoms in total. The van der Waals surface area contributed by atoms with Crippen LogP contribution in [0.3, 0.4) is 0 Å². The van der Waals surface area contributed by atoms with Crippen molar-refractivity contribution in [1.82, 2.24) is 4.98 Å². The van der Waals surface area contributed by atoms with Gasteiger partial charge in [0.2, 0.25) is 5.88 Å². The molecule has 2 rings (SSSR count). The minimum Gasteiger partial charge on any atom is -0.465 e. The molecule has 0 radical (unpaired) electrons. The maximum Gasteiger partial charge on any atom is 0.340 e. The highest BCUT2D eigenvalue weighted by atomic mass is 79.9. The van der Waals surface area contributed by atoms with E-state index in [0.29, 0.717) is 5.75 Å². The Kier molecular flexibility index (Phi) is 4.24. The van der Waals surface area contributed by atoms with Gasteiger partial charge in [0.05, 0.1) is 24.6 Å². The van der Waals surface area contributed by atoms with Crippen LogP contribution in [0.25, 0.3) is 0 Å². The summed E-state index contributed by atoms with van der Waals surface area (Å²) in [6.45, 7) is 1.92. The summed E-state index contributed by atoms with van der Waals surface area (Å²) in [5.74, 6) is 0.397. The van der Waals surface area contributed by atoms with E-state index in [2.05, 4.69) is 25.7 Å². The third-order valence-electron chi connectivity index (χ3n) is 2.68. The molecule has 0 aliphatic heterocycles. The number of nitrogens with two attached hydrogens (primary N) is 1. The Balaban J connectivity index is 2.34. The summed E-state index contributed by atoms with van der Waals surface area (Å²) >= 11 is 3.38. The Hall–Kier alpha value is -2.08. The Morgan fingerprint density at radius 2 is 2.10 bits per heavy atom. The van der Waals surface area contributed by atoms with E-state index in [9.17, 15) is 4.79 Å². The second-order valence-electron chi connectivity index (χ2n) is 4.11. The number of aromatic nitrogens is 1. The van der Waals surface area contributed by atoms with Gasteiger partial charge >= 0.3 is 5.97 Å². The maximum atomic E-state index is 11.6. The number of benzene rings is 1. The molecule has 1 aromatic heterocycles. The Morgan fingerprint density at radius 1 is 1.35 bits per heavy atom. The SMILES string of the molecule is COC(=O)c1cc(Oc2cc(Br)ccc2C)ncc1N. The summed E-state index contributed by atoms with van der Waals surface area (Å²) in [7, 11) is 1.29. The molecular formula is C14H13BrN2O3. The lowest BCUT2D eigenvalue weighted by atomic mass is 10.2. The molecule has 0 unspecified atom stereocenters. The third kappa shape index (κ3) is 3.08. The molecule has 0 bridgehead atoms. The van der Waals surface area contributed by atoms with Crippen LogP contribution in [-0.4, -0.2) is 18.1 Å². The average Bonchev–Trinajstić information content (AvgIpc) is 2.44. The van der Waals surface area contributed by atoms with Crippen molar-refractivity contribution in [3.63, 3.8) is 0 Å². The van der Waals surface area contributed by atoms with Crippen LogP contribution in [0, 0.1) is 6.92 Å². The summed E-state index contributed by atoms with van der Waals surface area (Å²) < 4.78 is 11.2. The number of hydrogen-bond acceptors (Lipinski definition) is 5. The van der Waals surface area contributed by atoms with Crippen LogP contribution < -0.4 is 10.5 Å². The molecule has 0 spiro atoms. The number of anilines is 1. The first kappa shape index (κ1) is 14.3. The number of carbonyl (C=O) groups excluding carboxylic acids is 1. The van der Waals surface area contributed by atoms with E-state index in [1.807, 2.05) is 25.1 Å². The largest absolute Gasteiger partial charge is 0.465 e. The fourth-order valence-corrected chi connectivity index (χ4v) is 1.93. The minimum absolute atomic E-state index is 0.227. The molecule has 2 aromatic rings. The molecule has 0 aliphatic carbocycles. The number of carbonyl (C=O) groups is 1. The predicted molar refractivity (Wildman–Crippen MR) is 78.9 cm³/mol. The highest BCUT2D eigenvalue weighted by Gasteiger charge is 2.13. The first-order valence-corrected chi connectivity index (χ1v) is 6.58. The third-order valence-corrected chi connectivity index (χ3v) is 3.17. The first-order chi connectivity index (χ1) is 9.51. The summed E-state index contributed by atoms with van der Waals surface area (Å²) in [6, 6.07) is 7.11. The van der Waals surface area contributed by atoms with E-state index in [1.165, 1.54) is 19.4 Å². The van der Waals surface area contributed by atoms with Crippen molar-refractivity contribution in [2.24, 2.45) is 0 Å². The molecular weight excluding hydrogens is 324 g/mol. The molecule has 2 N–H and O–H groups in total. The van der Waals surface area contributed by atoms with Crippen molar-refractivity contribution in [1.29, 1.82) is 0 Å². The summed E-state index contributed by atoms with van der Waals surface area (Å²) in [6.07, 6.45) is 1.37. The van der Waals surface area contributed by atoms with Crippen LogP contribution in [0.2, 0.25) is 0 Å². The highest BCUT2D eigenvalue weighted by Crippen LogP contribution is 2.28. The lowest BCUT2D eigenvalue weighted by Gasteiger charge is -2.10. The lowest BCUT2D eigenvalue weighted by molar-refractivity contribution is 0.0601. The zero-order valence-corrected chi connectivity index (χ0v) is 12.6. The van der Waals surface area contributed by atoms with Crippen LogP contribution in [0.5, 0.6) is 11.6 Å². The monoisotopic (exact) mass is 336 g/mol. The van der Waals surface area contributed by atoms with Gasteiger partial charge in [-0.1, -0.05) is 22.0 Å². The maximum absolute atomic E-state index is 11.6. The molecule has 0 aliphatic rings. The zero-order chi connectivity index (χ0) is 14.7. The van der Waals surface area contributed by atoms with E-state index >= 15 is 0 Å². The Labute approximate surface area is 124 Å². The highest BCUT2D eigenvalue weighted by molar-refractivity contribution is 9.10. The van der Waals surface area contributed by atoms with E-state index < -0.39 is 5.97 Å². The van der Waals surface area contributed by atoms with Gasteiger partial charge in [-0.15, -0.1) is 0 Å². The fraction of sp³-hybridized carbons (Fsp3) is 0.143. The van der Waals surface area contributed by atoms with Crippen molar-refractivity contribution in [2.45, 2.75) is 6.92 Å². The number of aryl methyl sites for hydroxylation is 1. The van der Waals surface area contributed by atoms with Gasteiger partial charge in [0, 0.05) is 10.5 Å². The van der Waals surface area contributed by atoms with Crippen molar-refractivity contribution in [3.8, 4) is 11.6 Å². The molecule has 0 saturated heterocycles. The van der Waals surface area contributed by atoms with E-state index in [1.54, 1.807) is 0 Å². The van der Waals surface area contributed by atoms with Gasteiger partial charge in [0.25, 0.3) is 0 Å². The van der Waals surface area contributed by atoms with Crippen LogP contribution in [-0.2, 0) is 4.74 Å². The summed E-state index contributed by atoms with van der Waals surface area (Å²) in [4.78, 5) is 15.6. The molecule has 0 saturated carbocycles. The van der Waals surface area contributed by atoms with Gasteiger partial charge in [0.15, 0.2) is 0 Å². The van der Waals surface area contributed by atoms with Gasteiger partial charge in [-0.05, 0) is 24.6 Å². The van der Waals surface area contributed by atoms with Gasteiger partial charge < -0.3 is 15.2 Å². The Morgan fingerprint density at radius 3 is 2.80 bits per heavy atom. The zero-order valence-electron chi connectivity index (χ0n) is 11.0. The van der Waals surface area contributed by atoms with Crippen molar-refractivity contribution in [2.75, 3.05) is 12.8 Å². The molecule has 104 valence electrons. The number of methoxy groups -OCH3 is 1. The molecule has 6 heteroatoms. The Bertz CT molecular complexity index is 659. The number of nitrogens with zero attached hydrogens (tertiary/aromatic N) is 1. The van der Waals surface area contributed by atoms with Crippen molar-refractivity contribution in [3.05, 3.63) is 46.1 Å². The van der Waals surface area contributed by atoms with Crippen LogP contribution >= 0.6 is 15.9 Å². The van der Waals surface area contributed by atoms with Gasteiger partial charge in [-0.25, -0.2) is 9.78 Å². The first-order valence-electron chi connectivity index (χ1n) is 5.79. The normalized spacial score (nSPS) is 10.2. The van der Waals surface area contributed by atoms with E-state index in [0.717, 1.165) is 10.0 Å². The number of ether oxygens (including phenoxy) is 2. The second kappa shape index (κ2) is 5.92. The minimum atomic E-state index is -0.527. The summed E-state index contributed by atoms with van der Waals surface area (Å²) in [5, 5.41) is 0. The number of nitrogen functional groups attached to an aromatic ring is 1. The predicted octanol–water partition coefficient (Wildman–Crippen LogP) is 3.31. The fourth-order valence-electron chi connectivity index (χ4n) is 1.59. The number of halogens is 1. The van der Waals surface area contributed by atoms with E-state index in [4.69, 9.17) is 10.5 Å². The quantitative estimate of drug-likeness (QED) is 0.870. The smallest absolute Gasteiger partial charge is 0.340 e. The van der Waals surface area contributed by atoms with Crippen LogP contribution in [0.4, 0.5) is 5.69 Å². The average molecular weight is 337 g/mol. The lowest BCUT2D eigenvalue weighted by Crippen LogP contribution is -2.06. The van der Waals surface area contributed by atoms with Crippen LogP contribution in [0.15, 0.2) is 34.9 Å². The molecule has 1 aromatic carbocycles. The standard InChI is InChI=1S/C14H13BrN2O3/c1-8-3-4-9(15)5-12(8)20-13-6-10(14(18)19-2)11(16)7-17-13/h3-7H,16H2,1-2H3. The van der Waals surface area contributed by atoms with Gasteiger partial charge in [0.1, 0.15) is 5.75 Å². The molecule has 20 heavy (non-hydrogen) atoms. The molecule has 0 atom stereocenters. The van der Waals surface area contributed by atoms with E-state index in [-0.39, 0.29) is 17.1 Å². The van der Waals surface area contributed by atoms with Crippen molar-refractivity contribution < 1.29 is 14.3 Å². The number of hydrogen-bond donors (Lipinski definition) is 1. The summed E-state index contributed by atoms with van der Waals surface area (Å²) in [5.41, 5.74) is 7.11. The van der Waals surface area contributed by atoms with Crippen molar-refractivity contribution >= 4 is 27.6 Å². The van der Waals surface area contributed by atoms with Gasteiger partial charge in [-0.2, -0.15) is 0 Å². The number of pyridine rings is 1. The van der Waals surface area contributed by atoms with Gasteiger partial charge in [-0.3, -0.25) is 0 Å².